The summed E-state index contributed by atoms with van der Waals surface area (Å²) >= 11 is 0. The molecule has 0 saturated carbocycles. The number of amides is 2. The average Bonchev–Trinajstić information content (AvgIpc) is 2.58. The second-order valence-electron chi connectivity index (χ2n) is 6.85. The lowest BCUT2D eigenvalue weighted by atomic mass is 9.94. The highest BCUT2D eigenvalue weighted by atomic mass is 19.1. The van der Waals surface area contributed by atoms with Gasteiger partial charge in [-0.15, -0.1) is 0 Å². The summed E-state index contributed by atoms with van der Waals surface area (Å²) in [5.41, 5.74) is 1.23. The Morgan fingerprint density at radius 3 is 2.00 bits per heavy atom. The molecule has 0 heterocycles. The van der Waals surface area contributed by atoms with Crippen molar-refractivity contribution < 1.29 is 23.6 Å². The first-order chi connectivity index (χ1) is 12.1. The Kier molecular flexibility index (Phi) is 5.72. The minimum Gasteiger partial charge on any atom is -0.340 e. The van der Waals surface area contributed by atoms with E-state index < -0.39 is 34.9 Å². The number of benzene rings is 2. The van der Waals surface area contributed by atoms with Crippen molar-refractivity contribution in [2.75, 3.05) is 0 Å². The van der Waals surface area contributed by atoms with E-state index in [4.69, 9.17) is 5.21 Å². The molecule has 0 aliphatic carbocycles. The summed E-state index contributed by atoms with van der Waals surface area (Å²) in [6.45, 7) is 5.04. The molecule has 0 spiro atoms. The van der Waals surface area contributed by atoms with Crippen LogP contribution < -0.4 is 10.8 Å². The lowest BCUT2D eigenvalue weighted by Crippen LogP contribution is -2.43. The largest absolute Gasteiger partial charge is 0.340 e. The summed E-state index contributed by atoms with van der Waals surface area (Å²) in [5, 5.41) is 11.5. The summed E-state index contributed by atoms with van der Waals surface area (Å²) in [6, 6.07) is 8.23. The number of carbonyl (C=O) groups excluding carboxylic acids is 2. The van der Waals surface area contributed by atoms with Gasteiger partial charge in [0.2, 0.25) is 5.91 Å². The zero-order valence-corrected chi connectivity index (χ0v) is 14.6. The van der Waals surface area contributed by atoms with E-state index in [9.17, 15) is 18.4 Å². The van der Waals surface area contributed by atoms with Crippen LogP contribution in [-0.2, 0) is 9.59 Å². The van der Waals surface area contributed by atoms with Gasteiger partial charge in [-0.1, -0.05) is 51.1 Å². The molecule has 1 atom stereocenters. The molecule has 2 rings (SSSR count). The first-order valence-electron chi connectivity index (χ1n) is 7.94. The summed E-state index contributed by atoms with van der Waals surface area (Å²) < 4.78 is 27.8. The van der Waals surface area contributed by atoms with Gasteiger partial charge in [-0.2, -0.15) is 0 Å². The van der Waals surface area contributed by atoms with Gasteiger partial charge in [-0.3, -0.25) is 14.8 Å². The van der Waals surface area contributed by atoms with Crippen LogP contribution in [0.15, 0.2) is 42.5 Å². The number of hydrogen-bond donors (Lipinski definition) is 3. The van der Waals surface area contributed by atoms with Crippen LogP contribution in [0.2, 0.25) is 0 Å². The highest BCUT2D eigenvalue weighted by molar-refractivity contribution is 5.90. The molecule has 0 aliphatic rings. The molecule has 0 aliphatic heterocycles. The Morgan fingerprint density at radius 1 is 1.00 bits per heavy atom. The van der Waals surface area contributed by atoms with E-state index in [1.54, 1.807) is 20.8 Å². The Labute approximate surface area is 150 Å². The quantitative estimate of drug-likeness (QED) is 0.577. The maximum absolute atomic E-state index is 13.9. The molecule has 0 radical (unpaired) electrons. The lowest BCUT2D eigenvalue weighted by Gasteiger charge is -2.23. The molecule has 7 heteroatoms. The summed E-state index contributed by atoms with van der Waals surface area (Å²) in [6.07, 6.45) is 0. The van der Waals surface area contributed by atoms with Crippen molar-refractivity contribution in [1.82, 2.24) is 10.8 Å². The third kappa shape index (κ3) is 4.23. The lowest BCUT2D eigenvalue weighted by molar-refractivity contribution is -0.137. The maximum Gasteiger partial charge on any atom is 0.270 e. The molecule has 2 aromatic rings. The van der Waals surface area contributed by atoms with Crippen molar-refractivity contribution in [1.29, 1.82) is 0 Å². The van der Waals surface area contributed by atoms with E-state index in [1.807, 2.05) is 0 Å². The number of hydroxylamine groups is 1. The molecule has 138 valence electrons. The van der Waals surface area contributed by atoms with Gasteiger partial charge in [0.05, 0.1) is 5.56 Å². The minimum absolute atomic E-state index is 0.180. The van der Waals surface area contributed by atoms with Gasteiger partial charge in [-0.25, -0.2) is 14.3 Å². The first-order valence-corrected chi connectivity index (χ1v) is 7.94. The number of rotatable bonds is 4. The standard InChI is InChI=1S/C19H20F2N2O3/c1-19(2,3)18(25)22-16(17(24)23-26)12-9-7-11(8-10-12)15-13(20)5-4-6-14(15)21/h4-10,16,26H,1-3H3,(H,22,25)(H,23,24). The van der Waals surface area contributed by atoms with Gasteiger partial charge in [0.25, 0.3) is 5.91 Å². The molecule has 2 aromatic carbocycles. The topological polar surface area (TPSA) is 78.4 Å². The van der Waals surface area contributed by atoms with E-state index in [-0.39, 0.29) is 11.1 Å². The fraction of sp³-hybridized carbons (Fsp3) is 0.263. The van der Waals surface area contributed by atoms with E-state index in [0.717, 1.165) is 12.1 Å². The number of nitrogens with one attached hydrogen (secondary N) is 2. The molecule has 3 N–H and O–H groups in total. The highest BCUT2D eigenvalue weighted by Gasteiger charge is 2.28. The molecule has 0 fully saturated rings. The predicted molar refractivity (Wildman–Crippen MR) is 92.1 cm³/mol. The van der Waals surface area contributed by atoms with Gasteiger partial charge in [0, 0.05) is 5.41 Å². The summed E-state index contributed by atoms with van der Waals surface area (Å²) in [7, 11) is 0. The molecule has 0 saturated heterocycles. The molecule has 26 heavy (non-hydrogen) atoms. The van der Waals surface area contributed by atoms with Crippen molar-refractivity contribution >= 4 is 11.8 Å². The maximum atomic E-state index is 13.9. The SMILES string of the molecule is CC(C)(C)C(=O)NC(C(=O)NO)c1ccc(-c2c(F)cccc2F)cc1. The molecule has 1 unspecified atom stereocenters. The number of carbonyl (C=O) groups is 2. The predicted octanol–water partition coefficient (Wildman–Crippen LogP) is 3.34. The van der Waals surface area contributed by atoms with Gasteiger partial charge in [0.15, 0.2) is 0 Å². The average molecular weight is 362 g/mol. The van der Waals surface area contributed by atoms with Crippen LogP contribution in [0.25, 0.3) is 11.1 Å². The van der Waals surface area contributed by atoms with E-state index in [0.29, 0.717) is 5.56 Å². The van der Waals surface area contributed by atoms with Crippen LogP contribution >= 0.6 is 0 Å². The summed E-state index contributed by atoms with van der Waals surface area (Å²) in [5.74, 6) is -2.63. The zero-order valence-electron chi connectivity index (χ0n) is 14.6. The molecule has 2 amide bonds. The Morgan fingerprint density at radius 2 is 1.54 bits per heavy atom. The Balaban J connectivity index is 2.36. The van der Waals surface area contributed by atoms with Gasteiger partial charge in [-0.05, 0) is 23.3 Å². The van der Waals surface area contributed by atoms with Gasteiger partial charge in [0.1, 0.15) is 17.7 Å². The Hall–Kier alpha value is -2.80. The monoisotopic (exact) mass is 362 g/mol. The molecular formula is C19H20F2N2O3. The second-order valence-corrected chi connectivity index (χ2v) is 6.85. The summed E-state index contributed by atoms with van der Waals surface area (Å²) in [4.78, 5) is 24.1. The van der Waals surface area contributed by atoms with Crippen molar-refractivity contribution in [3.63, 3.8) is 0 Å². The number of halogens is 2. The molecule has 0 bridgehead atoms. The number of hydrogen-bond acceptors (Lipinski definition) is 3. The molecule has 0 aromatic heterocycles. The third-order valence-electron chi connectivity index (χ3n) is 3.82. The smallest absolute Gasteiger partial charge is 0.270 e. The normalized spacial score (nSPS) is 12.4. The second kappa shape index (κ2) is 7.61. The van der Waals surface area contributed by atoms with E-state index in [2.05, 4.69) is 5.32 Å². The van der Waals surface area contributed by atoms with Crippen molar-refractivity contribution in [3.8, 4) is 11.1 Å². The van der Waals surface area contributed by atoms with Crippen molar-refractivity contribution in [2.24, 2.45) is 5.41 Å². The van der Waals surface area contributed by atoms with Gasteiger partial charge >= 0.3 is 0 Å². The van der Waals surface area contributed by atoms with Gasteiger partial charge < -0.3 is 5.32 Å². The van der Waals surface area contributed by atoms with Crippen LogP contribution in [-0.4, -0.2) is 17.0 Å². The van der Waals surface area contributed by atoms with Crippen molar-refractivity contribution in [3.05, 3.63) is 59.7 Å². The van der Waals surface area contributed by atoms with E-state index in [1.165, 1.54) is 35.8 Å². The van der Waals surface area contributed by atoms with Crippen LogP contribution in [0.4, 0.5) is 8.78 Å². The molecule has 5 nitrogen and oxygen atoms in total. The third-order valence-corrected chi connectivity index (χ3v) is 3.82. The first kappa shape index (κ1) is 19.5. The van der Waals surface area contributed by atoms with Crippen LogP contribution in [0.3, 0.4) is 0 Å². The highest BCUT2D eigenvalue weighted by Crippen LogP contribution is 2.27. The van der Waals surface area contributed by atoms with Crippen LogP contribution in [0.1, 0.15) is 32.4 Å². The zero-order chi connectivity index (χ0) is 19.5. The van der Waals surface area contributed by atoms with Crippen molar-refractivity contribution in [2.45, 2.75) is 26.8 Å². The minimum atomic E-state index is -1.15. The van der Waals surface area contributed by atoms with Crippen LogP contribution in [0, 0.1) is 17.0 Å². The fourth-order valence-electron chi connectivity index (χ4n) is 2.33. The van der Waals surface area contributed by atoms with Crippen LogP contribution in [0.5, 0.6) is 0 Å². The van der Waals surface area contributed by atoms with E-state index >= 15 is 0 Å². The fourth-order valence-corrected chi connectivity index (χ4v) is 2.33. The Bertz CT molecular complexity index is 794. The molecular weight excluding hydrogens is 342 g/mol.